The predicted molar refractivity (Wildman–Crippen MR) is 248 cm³/mol. The summed E-state index contributed by atoms with van der Waals surface area (Å²) in [5.41, 5.74) is 0. The molecule has 0 fully saturated rings. The quantitative estimate of drug-likeness (QED) is 0.0493. The van der Waals surface area contributed by atoms with Gasteiger partial charge in [-0.2, -0.15) is 0 Å². The third kappa shape index (κ3) is 47.3. The number of carbonyl (C=O) groups excluding carboxylic acids is 1. The number of unbranched alkanes of at least 4 members (excludes halogenated alkanes) is 27. The van der Waals surface area contributed by atoms with Gasteiger partial charge in [-0.3, -0.25) is 9.59 Å². The van der Waals surface area contributed by atoms with E-state index in [1.165, 1.54) is 205 Å². The number of carboxylic acids is 1. The second-order valence-electron chi connectivity index (χ2n) is 18.7. The van der Waals surface area contributed by atoms with Gasteiger partial charge >= 0.3 is 11.9 Å². The van der Waals surface area contributed by atoms with Crippen LogP contribution < -0.4 is 0 Å². The lowest BCUT2D eigenvalue weighted by Gasteiger charge is -2.18. The molecular weight excluding hydrogens is 689 g/mol. The van der Waals surface area contributed by atoms with Crippen LogP contribution in [0.1, 0.15) is 292 Å². The summed E-state index contributed by atoms with van der Waals surface area (Å²) >= 11 is 0. The average molecular weight is 793 g/mol. The Bertz CT molecular complexity index is 779. The van der Waals surface area contributed by atoms with Crippen molar-refractivity contribution in [3.05, 3.63) is 0 Å². The zero-order valence-corrected chi connectivity index (χ0v) is 39.6. The van der Waals surface area contributed by atoms with Gasteiger partial charge < -0.3 is 9.84 Å². The van der Waals surface area contributed by atoms with E-state index in [4.69, 9.17) is 4.74 Å². The normalized spacial score (nSPS) is 13.0. The molecule has 0 radical (unpaired) electrons. The van der Waals surface area contributed by atoms with Gasteiger partial charge in [0.25, 0.3) is 0 Å². The number of carbonyl (C=O) groups is 2. The van der Waals surface area contributed by atoms with Crippen LogP contribution >= 0.6 is 0 Å². The molecule has 0 spiro atoms. The van der Waals surface area contributed by atoms with Crippen LogP contribution in [-0.4, -0.2) is 23.7 Å². The molecule has 3 atom stereocenters. The predicted octanol–water partition coefficient (Wildman–Crippen LogP) is 18.0. The summed E-state index contributed by atoms with van der Waals surface area (Å²) in [4.78, 5) is 23.3. The van der Waals surface area contributed by atoms with Crippen molar-refractivity contribution in [2.75, 3.05) is 6.61 Å². The fourth-order valence-corrected chi connectivity index (χ4v) is 7.93. The average Bonchev–Trinajstić information content (AvgIpc) is 3.17. The van der Waals surface area contributed by atoms with Gasteiger partial charge in [-0.1, -0.05) is 260 Å². The monoisotopic (exact) mass is 793 g/mol. The van der Waals surface area contributed by atoms with Crippen LogP contribution in [0.5, 0.6) is 0 Å². The summed E-state index contributed by atoms with van der Waals surface area (Å²) in [5, 5.41) is 9.55. The first kappa shape index (κ1) is 57.0. The van der Waals surface area contributed by atoms with Crippen LogP contribution in [0.2, 0.25) is 0 Å². The van der Waals surface area contributed by atoms with Crippen molar-refractivity contribution in [1.29, 1.82) is 0 Å². The molecule has 56 heavy (non-hydrogen) atoms. The van der Waals surface area contributed by atoms with Crippen molar-refractivity contribution in [1.82, 2.24) is 0 Å². The lowest BCUT2D eigenvalue weighted by Crippen LogP contribution is -2.17. The molecule has 0 amide bonds. The summed E-state index contributed by atoms with van der Waals surface area (Å²) < 4.78 is 5.35. The fraction of sp³-hybridized carbons (Fsp3) is 0.962. The van der Waals surface area contributed by atoms with E-state index in [1.807, 2.05) is 0 Å². The van der Waals surface area contributed by atoms with Crippen LogP contribution in [0.4, 0.5) is 0 Å². The van der Waals surface area contributed by atoms with Gasteiger partial charge in [0.15, 0.2) is 0 Å². The molecule has 4 nitrogen and oxygen atoms in total. The van der Waals surface area contributed by atoms with Crippen LogP contribution in [0.25, 0.3) is 0 Å². The number of carboxylic acid groups (broad SMARTS) is 1. The first-order chi connectivity index (χ1) is 27.2. The third-order valence-corrected chi connectivity index (χ3v) is 12.2. The Labute approximate surface area is 353 Å². The zero-order chi connectivity index (χ0) is 41.7. The van der Waals surface area contributed by atoms with E-state index >= 15 is 0 Å². The number of aliphatic carboxylic acids is 1. The number of ether oxygens (including phenoxy) is 1. The first-order valence-electron chi connectivity index (χ1n) is 25.6. The zero-order valence-electron chi connectivity index (χ0n) is 39.6. The maximum atomic E-state index is 11.7. The number of hydrogen-bond donors (Lipinski definition) is 1. The van der Waals surface area contributed by atoms with Crippen molar-refractivity contribution < 1.29 is 19.4 Å². The first-order valence-corrected chi connectivity index (χ1v) is 25.6. The number of esters is 1. The van der Waals surface area contributed by atoms with Crippen LogP contribution in [0.15, 0.2) is 0 Å². The lowest BCUT2D eigenvalue weighted by molar-refractivity contribution is -0.144. The fourth-order valence-electron chi connectivity index (χ4n) is 7.93. The van der Waals surface area contributed by atoms with Crippen molar-refractivity contribution in [3.8, 4) is 0 Å². The number of hydrogen-bond acceptors (Lipinski definition) is 3. The summed E-state index contributed by atoms with van der Waals surface area (Å²) in [6.07, 6.45) is 48.4. The topological polar surface area (TPSA) is 63.6 Å². The SMILES string of the molecule is CCCCCCCCCCCCCCC(CC(C)CCCC(C)CC)C(=O)O.CCCCCCCCCCCCCCCC(=O)OCCCCCCCC(C)C. The highest BCUT2D eigenvalue weighted by Crippen LogP contribution is 2.25. The molecule has 0 heterocycles. The smallest absolute Gasteiger partial charge is 0.306 e. The van der Waals surface area contributed by atoms with E-state index in [1.54, 1.807) is 0 Å². The van der Waals surface area contributed by atoms with E-state index in [0.29, 0.717) is 18.9 Å². The number of rotatable bonds is 43. The Morgan fingerprint density at radius 3 is 1.21 bits per heavy atom. The Kier molecular flexibility index (Phi) is 47.5. The van der Waals surface area contributed by atoms with E-state index in [9.17, 15) is 14.7 Å². The van der Waals surface area contributed by atoms with Gasteiger partial charge in [0.2, 0.25) is 0 Å². The molecule has 0 aromatic carbocycles. The van der Waals surface area contributed by atoms with E-state index in [-0.39, 0.29) is 11.9 Å². The highest BCUT2D eigenvalue weighted by molar-refractivity contribution is 5.70. The van der Waals surface area contributed by atoms with Crippen molar-refractivity contribution in [2.45, 2.75) is 292 Å². The molecule has 1 N–H and O–H groups in total. The minimum atomic E-state index is -0.572. The Morgan fingerprint density at radius 1 is 0.429 bits per heavy atom. The maximum absolute atomic E-state index is 11.7. The van der Waals surface area contributed by atoms with Gasteiger partial charge in [-0.25, -0.2) is 0 Å². The summed E-state index contributed by atoms with van der Waals surface area (Å²) in [6, 6.07) is 0. The maximum Gasteiger partial charge on any atom is 0.306 e. The van der Waals surface area contributed by atoms with Gasteiger partial charge in [0.1, 0.15) is 0 Å². The van der Waals surface area contributed by atoms with Crippen molar-refractivity contribution >= 4 is 11.9 Å². The van der Waals surface area contributed by atoms with E-state index < -0.39 is 5.97 Å². The second kappa shape index (κ2) is 46.6. The largest absolute Gasteiger partial charge is 0.481 e. The molecular formula is C52H104O4. The molecule has 3 unspecified atom stereocenters. The second-order valence-corrected chi connectivity index (χ2v) is 18.7. The van der Waals surface area contributed by atoms with E-state index in [2.05, 4.69) is 48.5 Å². The van der Waals surface area contributed by atoms with Gasteiger partial charge in [0, 0.05) is 6.42 Å². The summed E-state index contributed by atoms with van der Waals surface area (Å²) in [5.74, 6) is 1.50. The molecule has 0 aliphatic carbocycles. The van der Waals surface area contributed by atoms with Crippen LogP contribution in [-0.2, 0) is 14.3 Å². The van der Waals surface area contributed by atoms with Gasteiger partial charge in [0.05, 0.1) is 12.5 Å². The molecule has 0 saturated heterocycles. The third-order valence-electron chi connectivity index (χ3n) is 12.2. The minimum Gasteiger partial charge on any atom is -0.481 e. The minimum absolute atomic E-state index is 0.0166. The highest BCUT2D eigenvalue weighted by atomic mass is 16.5. The van der Waals surface area contributed by atoms with Crippen molar-refractivity contribution in [3.63, 3.8) is 0 Å². The lowest BCUT2D eigenvalue weighted by atomic mass is 9.87. The molecule has 0 bridgehead atoms. The highest BCUT2D eigenvalue weighted by Gasteiger charge is 2.20. The Balaban J connectivity index is 0. The standard InChI is InChI=1S/2C26H52O2/c1-5-7-8-9-10-11-12-13-14-15-16-17-21-25(26(27)28)22-24(4)20-18-19-23(3)6-2;1-4-5-6-7-8-9-10-11-12-13-14-17-20-23-26(27)28-24-21-18-15-16-19-22-25(2)3/h23-25H,5-22H2,1-4H3,(H,27,28);25H,4-24H2,1-3H3. The Hall–Kier alpha value is -1.06. The van der Waals surface area contributed by atoms with E-state index in [0.717, 1.165) is 43.9 Å². The molecule has 0 aliphatic rings. The molecule has 0 rings (SSSR count). The molecule has 0 aromatic heterocycles. The molecule has 0 aromatic rings. The Morgan fingerprint density at radius 2 is 0.804 bits per heavy atom. The molecule has 0 saturated carbocycles. The summed E-state index contributed by atoms with van der Waals surface area (Å²) in [6.45, 7) is 16.6. The van der Waals surface area contributed by atoms with Crippen molar-refractivity contribution in [2.24, 2.45) is 23.7 Å². The van der Waals surface area contributed by atoms with Gasteiger partial charge in [-0.05, 0) is 43.4 Å². The molecule has 0 aliphatic heterocycles. The molecule has 4 heteroatoms. The molecule has 336 valence electrons. The van der Waals surface area contributed by atoms with Gasteiger partial charge in [-0.15, -0.1) is 0 Å². The summed E-state index contributed by atoms with van der Waals surface area (Å²) in [7, 11) is 0. The van der Waals surface area contributed by atoms with Crippen LogP contribution in [0, 0.1) is 23.7 Å². The van der Waals surface area contributed by atoms with Crippen LogP contribution in [0.3, 0.4) is 0 Å².